The molecular formula is C42H48O5. The molecule has 0 radical (unpaired) electrons. The summed E-state index contributed by atoms with van der Waals surface area (Å²) >= 11 is 0. The Hall–Kier alpha value is -4.48. The van der Waals surface area contributed by atoms with Gasteiger partial charge in [0.2, 0.25) is 0 Å². The van der Waals surface area contributed by atoms with Crippen LogP contribution >= 0.6 is 0 Å². The molecule has 0 aliphatic heterocycles. The number of esters is 2. The molecule has 0 aromatic heterocycles. The molecule has 0 amide bonds. The highest BCUT2D eigenvalue weighted by Crippen LogP contribution is 2.33. The third-order valence-corrected chi connectivity index (χ3v) is 8.80. The second-order valence-electron chi connectivity index (χ2n) is 12.4. The van der Waals surface area contributed by atoms with Crippen LogP contribution in [0.4, 0.5) is 0 Å². The lowest BCUT2D eigenvalue weighted by molar-refractivity contribution is -0.142. The number of rotatable bonds is 16. The Bertz CT molecular complexity index is 1750. The van der Waals surface area contributed by atoms with Gasteiger partial charge in [-0.15, -0.1) is 0 Å². The zero-order chi connectivity index (χ0) is 33.9. The Labute approximate surface area is 279 Å². The molecule has 246 valence electrons. The Morgan fingerprint density at radius 2 is 1.47 bits per heavy atom. The van der Waals surface area contributed by atoms with Gasteiger partial charge in [0.05, 0.1) is 25.4 Å². The third kappa shape index (κ3) is 9.30. The van der Waals surface area contributed by atoms with Crippen molar-refractivity contribution >= 4 is 22.7 Å². The summed E-state index contributed by atoms with van der Waals surface area (Å²) in [6, 6.07) is 26.5. The Kier molecular flexibility index (Phi) is 12.7. The number of hydrogen-bond acceptors (Lipinski definition) is 5. The Morgan fingerprint density at radius 3 is 2.13 bits per heavy atom. The number of fused-ring (bicyclic) bond motifs is 1. The van der Waals surface area contributed by atoms with E-state index in [9.17, 15) is 9.59 Å². The maximum atomic E-state index is 12.2. The standard InChI is InChI=1S/C42H48O5/c1-7-9-10-11-32-12-13-33(22-29(32)5)34-14-15-36-25-38(17-16-35(36)24-34)40-19-18-37(23-31(40)8-2)39(27-47-41(44)28(3)4)20-21-46-42(45)30(6)26-43/h12-19,22-25,39,43H,3,6-11,20-21,26-27H2,1-2,4-5H3. The van der Waals surface area contributed by atoms with E-state index in [0.717, 1.165) is 29.5 Å². The highest BCUT2D eigenvalue weighted by atomic mass is 16.5. The second-order valence-corrected chi connectivity index (χ2v) is 12.4. The predicted molar refractivity (Wildman–Crippen MR) is 192 cm³/mol. The fourth-order valence-corrected chi connectivity index (χ4v) is 5.86. The molecule has 1 N–H and O–H groups in total. The van der Waals surface area contributed by atoms with Crippen LogP contribution in [-0.4, -0.2) is 36.9 Å². The van der Waals surface area contributed by atoms with Gasteiger partial charge in [-0.05, 0) is 107 Å². The van der Waals surface area contributed by atoms with Crippen LogP contribution in [0.5, 0.6) is 0 Å². The summed E-state index contributed by atoms with van der Waals surface area (Å²) in [4.78, 5) is 24.2. The van der Waals surface area contributed by atoms with Gasteiger partial charge in [0.25, 0.3) is 0 Å². The molecule has 0 bridgehead atoms. The van der Waals surface area contributed by atoms with Crippen molar-refractivity contribution in [3.8, 4) is 22.3 Å². The molecular weight excluding hydrogens is 584 g/mol. The number of carbonyl (C=O) groups is 2. The average molecular weight is 633 g/mol. The topological polar surface area (TPSA) is 72.8 Å². The van der Waals surface area contributed by atoms with E-state index in [-0.39, 0.29) is 24.7 Å². The molecule has 5 nitrogen and oxygen atoms in total. The van der Waals surface area contributed by atoms with Gasteiger partial charge in [0.1, 0.15) is 0 Å². The van der Waals surface area contributed by atoms with Crippen LogP contribution in [0, 0.1) is 6.92 Å². The minimum Gasteiger partial charge on any atom is -0.462 e. The van der Waals surface area contributed by atoms with E-state index in [1.54, 1.807) is 6.92 Å². The van der Waals surface area contributed by atoms with Crippen molar-refractivity contribution in [3.63, 3.8) is 0 Å². The minimum absolute atomic E-state index is 0.00131. The van der Waals surface area contributed by atoms with Crippen molar-refractivity contribution in [2.45, 2.75) is 72.1 Å². The van der Waals surface area contributed by atoms with Crippen LogP contribution in [0.15, 0.2) is 97.1 Å². The van der Waals surface area contributed by atoms with Gasteiger partial charge >= 0.3 is 11.9 Å². The Morgan fingerprint density at radius 1 is 0.787 bits per heavy atom. The van der Waals surface area contributed by atoms with Crippen molar-refractivity contribution in [2.75, 3.05) is 19.8 Å². The van der Waals surface area contributed by atoms with E-state index < -0.39 is 18.5 Å². The van der Waals surface area contributed by atoms with E-state index in [2.05, 4.69) is 107 Å². The lowest BCUT2D eigenvalue weighted by Gasteiger charge is -2.20. The van der Waals surface area contributed by atoms with Gasteiger partial charge in [-0.2, -0.15) is 0 Å². The van der Waals surface area contributed by atoms with Crippen molar-refractivity contribution in [1.82, 2.24) is 0 Å². The summed E-state index contributed by atoms with van der Waals surface area (Å²) in [6.07, 6.45) is 6.15. The van der Waals surface area contributed by atoms with Crippen LogP contribution in [-0.2, 0) is 31.9 Å². The highest BCUT2D eigenvalue weighted by Gasteiger charge is 2.19. The van der Waals surface area contributed by atoms with E-state index >= 15 is 0 Å². The number of aliphatic hydroxyl groups excluding tert-OH is 1. The molecule has 1 atom stereocenters. The van der Waals surface area contributed by atoms with Crippen molar-refractivity contribution in [2.24, 2.45) is 0 Å². The highest BCUT2D eigenvalue weighted by molar-refractivity contribution is 5.91. The van der Waals surface area contributed by atoms with Crippen LogP contribution < -0.4 is 0 Å². The molecule has 47 heavy (non-hydrogen) atoms. The van der Waals surface area contributed by atoms with Gasteiger partial charge in [0, 0.05) is 11.5 Å². The van der Waals surface area contributed by atoms with Gasteiger partial charge in [-0.25, -0.2) is 9.59 Å². The molecule has 4 aromatic rings. The minimum atomic E-state index is -0.635. The first-order chi connectivity index (χ1) is 22.6. The summed E-state index contributed by atoms with van der Waals surface area (Å²) < 4.78 is 10.8. The van der Waals surface area contributed by atoms with E-state index in [1.807, 2.05) is 0 Å². The van der Waals surface area contributed by atoms with E-state index in [0.29, 0.717) is 12.0 Å². The number of hydrogen-bond donors (Lipinski definition) is 1. The van der Waals surface area contributed by atoms with Gasteiger partial charge < -0.3 is 14.6 Å². The zero-order valence-electron chi connectivity index (χ0n) is 28.4. The number of benzene rings is 4. The molecule has 4 aromatic carbocycles. The molecule has 1 unspecified atom stereocenters. The first-order valence-corrected chi connectivity index (χ1v) is 16.7. The largest absolute Gasteiger partial charge is 0.462 e. The summed E-state index contributed by atoms with van der Waals surface area (Å²) in [5.41, 5.74) is 10.1. The van der Waals surface area contributed by atoms with Gasteiger partial charge in [0.15, 0.2) is 0 Å². The summed E-state index contributed by atoms with van der Waals surface area (Å²) in [6.45, 7) is 15.2. The normalized spacial score (nSPS) is 11.7. The first kappa shape index (κ1) is 35.4. The summed E-state index contributed by atoms with van der Waals surface area (Å²) in [5.74, 6) is -1.29. The van der Waals surface area contributed by atoms with Crippen LogP contribution in [0.25, 0.3) is 33.0 Å². The number of unbranched alkanes of at least 4 members (excludes halogenated alkanes) is 2. The molecule has 0 spiro atoms. The quantitative estimate of drug-likeness (QED) is 0.0757. The van der Waals surface area contributed by atoms with Crippen molar-refractivity contribution < 1.29 is 24.2 Å². The van der Waals surface area contributed by atoms with E-state index in [4.69, 9.17) is 14.6 Å². The van der Waals surface area contributed by atoms with Crippen LogP contribution in [0.2, 0.25) is 0 Å². The van der Waals surface area contributed by atoms with Gasteiger partial charge in [-0.1, -0.05) is 101 Å². The van der Waals surface area contributed by atoms with Crippen LogP contribution in [0.1, 0.15) is 74.6 Å². The molecule has 4 rings (SSSR count). The zero-order valence-corrected chi connectivity index (χ0v) is 28.4. The predicted octanol–water partition coefficient (Wildman–Crippen LogP) is 9.46. The summed E-state index contributed by atoms with van der Waals surface area (Å²) in [7, 11) is 0. The van der Waals surface area contributed by atoms with Crippen LogP contribution in [0.3, 0.4) is 0 Å². The molecule has 5 heteroatoms. The SMILES string of the molecule is C=C(C)C(=O)OCC(CCOC(=O)C(=C)CO)c1ccc(-c2ccc3cc(-c4ccc(CCCCC)c(C)c4)ccc3c2)c(CC)c1. The molecule has 0 heterocycles. The Balaban J connectivity index is 1.56. The monoisotopic (exact) mass is 632 g/mol. The lowest BCUT2D eigenvalue weighted by atomic mass is 9.89. The molecule has 0 saturated carbocycles. The van der Waals surface area contributed by atoms with Crippen molar-refractivity contribution in [3.05, 3.63) is 119 Å². The third-order valence-electron chi connectivity index (χ3n) is 8.80. The number of aliphatic hydroxyl groups is 1. The molecule has 0 fully saturated rings. The molecule has 0 saturated heterocycles. The number of aryl methyl sites for hydroxylation is 3. The maximum Gasteiger partial charge on any atom is 0.335 e. The van der Waals surface area contributed by atoms with Crippen molar-refractivity contribution in [1.29, 1.82) is 0 Å². The fraction of sp³-hybridized carbons (Fsp3) is 0.333. The number of carbonyl (C=O) groups excluding carboxylic acids is 2. The maximum absolute atomic E-state index is 12.2. The average Bonchev–Trinajstić information content (AvgIpc) is 3.08. The van der Waals surface area contributed by atoms with E-state index in [1.165, 1.54) is 57.9 Å². The lowest BCUT2D eigenvalue weighted by Crippen LogP contribution is -2.17. The second kappa shape index (κ2) is 16.9. The first-order valence-electron chi connectivity index (χ1n) is 16.7. The smallest absolute Gasteiger partial charge is 0.335 e. The fourth-order valence-electron chi connectivity index (χ4n) is 5.86. The number of ether oxygens (including phenoxy) is 2. The molecule has 0 aliphatic carbocycles. The molecule has 0 aliphatic rings. The van der Waals surface area contributed by atoms with Gasteiger partial charge in [-0.3, -0.25) is 0 Å². The summed E-state index contributed by atoms with van der Waals surface area (Å²) in [5, 5.41) is 11.5.